The van der Waals surface area contributed by atoms with Gasteiger partial charge in [0.05, 0.1) is 0 Å². The van der Waals surface area contributed by atoms with Gasteiger partial charge in [0.2, 0.25) is 5.91 Å². The highest BCUT2D eigenvalue weighted by Gasteiger charge is 1.96. The quantitative estimate of drug-likeness (QED) is 0.466. The van der Waals surface area contributed by atoms with Gasteiger partial charge >= 0.3 is 0 Å². The van der Waals surface area contributed by atoms with Gasteiger partial charge in [-0.05, 0) is 12.8 Å². The number of amides is 1. The lowest BCUT2D eigenvalue weighted by Crippen LogP contribution is -2.27. The molecule has 0 unspecified atom stereocenters. The molecule has 1 N–H and O–H groups in total. The van der Waals surface area contributed by atoms with Crippen molar-refractivity contribution >= 4 is 5.91 Å². The molecule has 0 fully saturated rings. The van der Waals surface area contributed by atoms with E-state index in [1.807, 2.05) is 0 Å². The van der Waals surface area contributed by atoms with E-state index < -0.39 is 0 Å². The Kier molecular flexibility index (Phi) is 7.41. The van der Waals surface area contributed by atoms with Crippen molar-refractivity contribution in [3.8, 4) is 12.3 Å². The largest absolute Gasteiger partial charge is 0.375 e. The first-order valence-electron chi connectivity index (χ1n) is 4.00. The average molecular weight is 169 g/mol. The Morgan fingerprint density at radius 2 is 2.33 bits per heavy atom. The Balaban J connectivity index is 3.09. The van der Waals surface area contributed by atoms with Gasteiger partial charge in [0.1, 0.15) is 6.61 Å². The number of ether oxygens (including phenoxy) is 1. The van der Waals surface area contributed by atoms with Crippen LogP contribution in [0.1, 0.15) is 19.3 Å². The lowest BCUT2D eigenvalue weighted by Gasteiger charge is -2.02. The zero-order valence-electron chi connectivity index (χ0n) is 7.43. The molecule has 3 heteroatoms. The van der Waals surface area contributed by atoms with Gasteiger partial charge in [-0.3, -0.25) is 4.79 Å². The van der Waals surface area contributed by atoms with E-state index in [1.54, 1.807) is 0 Å². The summed E-state index contributed by atoms with van der Waals surface area (Å²) in [6.07, 6.45) is 7.73. The van der Waals surface area contributed by atoms with Crippen molar-refractivity contribution in [1.82, 2.24) is 5.32 Å². The Hall–Kier alpha value is -1.01. The van der Waals surface area contributed by atoms with Crippen molar-refractivity contribution in [3.63, 3.8) is 0 Å². The first-order valence-corrected chi connectivity index (χ1v) is 4.00. The maximum atomic E-state index is 10.8. The zero-order valence-corrected chi connectivity index (χ0v) is 7.43. The molecule has 0 aliphatic rings. The summed E-state index contributed by atoms with van der Waals surface area (Å²) in [7, 11) is 1.50. The van der Waals surface area contributed by atoms with E-state index in [-0.39, 0.29) is 12.5 Å². The molecule has 0 atom stereocenters. The van der Waals surface area contributed by atoms with Crippen LogP contribution in [0, 0.1) is 12.3 Å². The van der Waals surface area contributed by atoms with Gasteiger partial charge < -0.3 is 10.1 Å². The van der Waals surface area contributed by atoms with E-state index in [4.69, 9.17) is 6.42 Å². The Morgan fingerprint density at radius 1 is 1.58 bits per heavy atom. The third-order valence-corrected chi connectivity index (χ3v) is 1.35. The molecule has 0 saturated heterocycles. The standard InChI is InChI=1S/C9H15NO2/c1-3-4-5-6-7-10-9(11)8-12-2/h1H,4-8H2,2H3,(H,10,11). The molecular weight excluding hydrogens is 154 g/mol. The third kappa shape index (κ3) is 7.10. The van der Waals surface area contributed by atoms with E-state index in [9.17, 15) is 4.79 Å². The topological polar surface area (TPSA) is 38.3 Å². The summed E-state index contributed by atoms with van der Waals surface area (Å²) < 4.78 is 4.64. The highest BCUT2D eigenvalue weighted by atomic mass is 16.5. The van der Waals surface area contributed by atoms with E-state index in [0.29, 0.717) is 6.54 Å². The van der Waals surface area contributed by atoms with Crippen LogP contribution in [-0.2, 0) is 9.53 Å². The molecule has 0 aromatic rings. The Bertz CT molecular complexity index is 160. The fourth-order valence-electron chi connectivity index (χ4n) is 0.762. The fraction of sp³-hybridized carbons (Fsp3) is 0.667. The molecule has 12 heavy (non-hydrogen) atoms. The SMILES string of the molecule is C#CCCCCNC(=O)COC. The third-order valence-electron chi connectivity index (χ3n) is 1.35. The van der Waals surface area contributed by atoms with Crippen molar-refractivity contribution in [3.05, 3.63) is 0 Å². The summed E-state index contributed by atoms with van der Waals surface area (Å²) in [5.74, 6) is 2.47. The highest BCUT2D eigenvalue weighted by molar-refractivity contribution is 5.77. The molecule has 0 radical (unpaired) electrons. The number of carbonyl (C=O) groups is 1. The van der Waals surface area contributed by atoms with Crippen molar-refractivity contribution in [2.45, 2.75) is 19.3 Å². The molecule has 0 aromatic carbocycles. The number of terminal acetylenes is 1. The molecule has 0 saturated carbocycles. The van der Waals surface area contributed by atoms with Crippen LogP contribution in [-0.4, -0.2) is 26.2 Å². The molecule has 0 aliphatic heterocycles. The van der Waals surface area contributed by atoms with Crippen molar-refractivity contribution in [1.29, 1.82) is 0 Å². The number of carbonyl (C=O) groups excluding carboxylic acids is 1. The number of nitrogens with one attached hydrogen (secondary N) is 1. The van der Waals surface area contributed by atoms with Gasteiger partial charge in [0, 0.05) is 20.1 Å². The van der Waals surface area contributed by atoms with Crippen LogP contribution in [0.2, 0.25) is 0 Å². The van der Waals surface area contributed by atoms with Crippen LogP contribution in [0.5, 0.6) is 0 Å². The highest BCUT2D eigenvalue weighted by Crippen LogP contribution is 1.90. The smallest absolute Gasteiger partial charge is 0.245 e. The maximum Gasteiger partial charge on any atom is 0.245 e. The molecule has 0 spiro atoms. The van der Waals surface area contributed by atoms with Gasteiger partial charge in [-0.15, -0.1) is 12.3 Å². The minimum Gasteiger partial charge on any atom is -0.375 e. The van der Waals surface area contributed by atoms with Crippen LogP contribution in [0.4, 0.5) is 0 Å². The van der Waals surface area contributed by atoms with E-state index in [1.165, 1.54) is 7.11 Å². The molecule has 0 aliphatic carbocycles. The van der Waals surface area contributed by atoms with Crippen LogP contribution in [0.15, 0.2) is 0 Å². The normalized spacial score (nSPS) is 9.00. The second kappa shape index (κ2) is 8.09. The molecule has 68 valence electrons. The molecule has 0 heterocycles. The lowest BCUT2D eigenvalue weighted by atomic mass is 10.2. The van der Waals surface area contributed by atoms with Gasteiger partial charge in [-0.1, -0.05) is 0 Å². The zero-order chi connectivity index (χ0) is 9.23. The minimum absolute atomic E-state index is 0.0711. The number of rotatable bonds is 6. The van der Waals surface area contributed by atoms with Gasteiger partial charge in [-0.2, -0.15) is 0 Å². The molecular formula is C9H15NO2. The van der Waals surface area contributed by atoms with Crippen molar-refractivity contribution < 1.29 is 9.53 Å². The van der Waals surface area contributed by atoms with Crippen LogP contribution in [0.3, 0.4) is 0 Å². The molecule has 0 bridgehead atoms. The van der Waals surface area contributed by atoms with Crippen LogP contribution in [0.25, 0.3) is 0 Å². The maximum absolute atomic E-state index is 10.8. The molecule has 3 nitrogen and oxygen atoms in total. The fourth-order valence-corrected chi connectivity index (χ4v) is 0.762. The minimum atomic E-state index is -0.0711. The second-order valence-electron chi connectivity index (χ2n) is 2.44. The Labute approximate surface area is 73.5 Å². The summed E-state index contributed by atoms with van der Waals surface area (Å²) in [5, 5.41) is 2.71. The second-order valence-corrected chi connectivity index (χ2v) is 2.44. The predicted molar refractivity (Wildman–Crippen MR) is 47.6 cm³/mol. The monoisotopic (exact) mass is 169 g/mol. The summed E-state index contributed by atoms with van der Waals surface area (Å²) in [4.78, 5) is 10.8. The molecule has 1 amide bonds. The average Bonchev–Trinajstić information content (AvgIpc) is 2.05. The van der Waals surface area contributed by atoms with Gasteiger partial charge in [0.25, 0.3) is 0 Å². The van der Waals surface area contributed by atoms with Gasteiger partial charge in [0.15, 0.2) is 0 Å². The van der Waals surface area contributed by atoms with E-state index in [0.717, 1.165) is 19.3 Å². The number of hydrogen-bond donors (Lipinski definition) is 1. The number of unbranched alkanes of at least 4 members (excludes halogenated alkanes) is 2. The number of methoxy groups -OCH3 is 1. The molecule has 0 rings (SSSR count). The summed E-state index contributed by atoms with van der Waals surface area (Å²) >= 11 is 0. The summed E-state index contributed by atoms with van der Waals surface area (Å²) in [6.45, 7) is 0.818. The Morgan fingerprint density at radius 3 is 2.92 bits per heavy atom. The van der Waals surface area contributed by atoms with Crippen LogP contribution >= 0.6 is 0 Å². The summed E-state index contributed by atoms with van der Waals surface area (Å²) in [5.41, 5.74) is 0. The number of hydrogen-bond acceptors (Lipinski definition) is 2. The van der Waals surface area contributed by atoms with Gasteiger partial charge in [-0.25, -0.2) is 0 Å². The summed E-state index contributed by atoms with van der Waals surface area (Å²) in [6, 6.07) is 0. The van der Waals surface area contributed by atoms with Crippen molar-refractivity contribution in [2.24, 2.45) is 0 Å². The lowest BCUT2D eigenvalue weighted by molar-refractivity contribution is -0.124. The molecule has 0 aromatic heterocycles. The van der Waals surface area contributed by atoms with E-state index in [2.05, 4.69) is 16.0 Å². The van der Waals surface area contributed by atoms with Crippen molar-refractivity contribution in [2.75, 3.05) is 20.3 Å². The predicted octanol–water partition coefficient (Wildman–Crippen LogP) is 0.552. The van der Waals surface area contributed by atoms with Crippen LogP contribution < -0.4 is 5.32 Å². The first kappa shape index (κ1) is 11.0. The first-order chi connectivity index (χ1) is 5.81. The van der Waals surface area contributed by atoms with E-state index >= 15 is 0 Å².